The van der Waals surface area contributed by atoms with Gasteiger partial charge in [0.1, 0.15) is 11.6 Å². The van der Waals surface area contributed by atoms with Crippen molar-refractivity contribution < 1.29 is 13.9 Å². The number of rotatable bonds is 6. The van der Waals surface area contributed by atoms with E-state index in [4.69, 9.17) is 4.74 Å². The Morgan fingerprint density at radius 2 is 1.92 bits per heavy atom. The molecule has 1 amide bonds. The fourth-order valence-corrected chi connectivity index (χ4v) is 2.74. The van der Waals surface area contributed by atoms with E-state index in [1.54, 1.807) is 30.0 Å². The molecule has 1 N–H and O–H groups in total. The fourth-order valence-electron chi connectivity index (χ4n) is 2.74. The van der Waals surface area contributed by atoms with Crippen LogP contribution in [-0.4, -0.2) is 29.3 Å². The highest BCUT2D eigenvalue weighted by Gasteiger charge is 2.13. The summed E-state index contributed by atoms with van der Waals surface area (Å²) in [7, 11) is 1.63. The lowest BCUT2D eigenvalue weighted by Gasteiger charge is -2.08. The van der Waals surface area contributed by atoms with Crippen molar-refractivity contribution in [3.8, 4) is 11.4 Å². The second-order valence-electron chi connectivity index (χ2n) is 5.88. The maximum atomic E-state index is 13.1. The van der Waals surface area contributed by atoms with Crippen molar-refractivity contribution in [3.63, 3.8) is 0 Å². The smallest absolute Gasteiger partial charge is 0.271 e. The van der Waals surface area contributed by atoms with Crippen molar-refractivity contribution in [1.29, 1.82) is 0 Å². The zero-order valence-electron chi connectivity index (χ0n) is 14.7. The van der Waals surface area contributed by atoms with Gasteiger partial charge in [0.05, 0.1) is 12.8 Å². The average molecular weight is 353 g/mol. The van der Waals surface area contributed by atoms with Crippen LogP contribution in [0.1, 0.15) is 21.7 Å². The molecule has 0 aliphatic carbocycles. The first-order valence-corrected chi connectivity index (χ1v) is 8.31. The molecule has 0 radical (unpaired) electrons. The summed E-state index contributed by atoms with van der Waals surface area (Å²) in [6, 6.07) is 15.4. The van der Waals surface area contributed by atoms with E-state index in [9.17, 15) is 9.18 Å². The summed E-state index contributed by atoms with van der Waals surface area (Å²) in [6.07, 6.45) is 0.660. The van der Waals surface area contributed by atoms with Crippen molar-refractivity contribution in [3.05, 3.63) is 77.4 Å². The summed E-state index contributed by atoms with van der Waals surface area (Å²) in [5.74, 6) is 0.245. The lowest BCUT2D eigenvalue weighted by atomic mass is 10.1. The van der Waals surface area contributed by atoms with Crippen LogP contribution in [0, 0.1) is 12.7 Å². The van der Waals surface area contributed by atoms with Crippen molar-refractivity contribution >= 4 is 5.91 Å². The topological polar surface area (TPSA) is 56.1 Å². The molecule has 2 aromatic carbocycles. The Balaban J connectivity index is 1.65. The first kappa shape index (κ1) is 17.7. The van der Waals surface area contributed by atoms with Gasteiger partial charge in [0, 0.05) is 12.2 Å². The molecule has 0 atom stereocenters. The first-order valence-electron chi connectivity index (χ1n) is 8.31. The van der Waals surface area contributed by atoms with Crippen molar-refractivity contribution in [2.24, 2.45) is 0 Å². The molecule has 0 aliphatic heterocycles. The number of aromatic nitrogens is 2. The SMILES string of the molecule is COc1ccccc1CCNC(=O)c1cc(C)n(-c2ccc(F)cc2)n1. The Labute approximate surface area is 151 Å². The van der Waals surface area contributed by atoms with Gasteiger partial charge >= 0.3 is 0 Å². The Hall–Kier alpha value is -3.15. The normalized spacial score (nSPS) is 10.6. The van der Waals surface area contributed by atoms with Crippen LogP contribution >= 0.6 is 0 Å². The molecule has 0 unspecified atom stereocenters. The third kappa shape index (κ3) is 3.91. The Kier molecular flexibility index (Phi) is 5.31. The molecule has 5 nitrogen and oxygen atoms in total. The highest BCUT2D eigenvalue weighted by molar-refractivity contribution is 5.92. The van der Waals surface area contributed by atoms with Gasteiger partial charge in [-0.25, -0.2) is 9.07 Å². The van der Waals surface area contributed by atoms with E-state index in [2.05, 4.69) is 10.4 Å². The zero-order valence-corrected chi connectivity index (χ0v) is 14.7. The molecule has 0 saturated carbocycles. The lowest BCUT2D eigenvalue weighted by Crippen LogP contribution is -2.26. The van der Waals surface area contributed by atoms with E-state index in [0.717, 1.165) is 17.0 Å². The summed E-state index contributed by atoms with van der Waals surface area (Å²) in [5, 5.41) is 7.20. The predicted molar refractivity (Wildman–Crippen MR) is 97.3 cm³/mol. The molecule has 1 aromatic heterocycles. The number of para-hydroxylation sites is 1. The maximum Gasteiger partial charge on any atom is 0.271 e. The van der Waals surface area contributed by atoms with Gasteiger partial charge in [-0.1, -0.05) is 18.2 Å². The third-order valence-corrected chi connectivity index (χ3v) is 4.06. The zero-order chi connectivity index (χ0) is 18.5. The van der Waals surface area contributed by atoms with Crippen LogP contribution in [0.3, 0.4) is 0 Å². The maximum absolute atomic E-state index is 13.1. The number of carbonyl (C=O) groups is 1. The minimum Gasteiger partial charge on any atom is -0.496 e. The molecule has 3 rings (SSSR count). The van der Waals surface area contributed by atoms with E-state index in [-0.39, 0.29) is 11.7 Å². The fraction of sp³-hybridized carbons (Fsp3) is 0.200. The number of methoxy groups -OCH3 is 1. The van der Waals surface area contributed by atoms with E-state index in [0.29, 0.717) is 24.3 Å². The molecule has 0 aliphatic rings. The molecular formula is C20H20FN3O2. The largest absolute Gasteiger partial charge is 0.496 e. The first-order chi connectivity index (χ1) is 12.6. The quantitative estimate of drug-likeness (QED) is 0.740. The molecule has 0 bridgehead atoms. The van der Waals surface area contributed by atoms with Crippen LogP contribution in [0.4, 0.5) is 4.39 Å². The number of hydrogen-bond acceptors (Lipinski definition) is 3. The monoisotopic (exact) mass is 353 g/mol. The Morgan fingerprint density at radius 3 is 2.65 bits per heavy atom. The van der Waals surface area contributed by atoms with Crippen molar-refractivity contribution in [1.82, 2.24) is 15.1 Å². The Bertz CT molecular complexity index is 904. The van der Waals surface area contributed by atoms with Gasteiger partial charge in [0.25, 0.3) is 5.91 Å². The van der Waals surface area contributed by atoms with E-state index < -0.39 is 0 Å². The van der Waals surface area contributed by atoms with Gasteiger partial charge < -0.3 is 10.1 Å². The summed E-state index contributed by atoms with van der Waals surface area (Å²) in [5.41, 5.74) is 2.86. The Morgan fingerprint density at radius 1 is 1.19 bits per heavy atom. The molecular weight excluding hydrogens is 333 g/mol. The van der Waals surface area contributed by atoms with E-state index in [1.807, 2.05) is 31.2 Å². The van der Waals surface area contributed by atoms with Crippen molar-refractivity contribution in [2.75, 3.05) is 13.7 Å². The number of benzene rings is 2. The minimum absolute atomic E-state index is 0.246. The number of amides is 1. The van der Waals surface area contributed by atoms with Crippen LogP contribution in [-0.2, 0) is 6.42 Å². The van der Waals surface area contributed by atoms with Gasteiger partial charge in [-0.3, -0.25) is 4.79 Å². The summed E-state index contributed by atoms with van der Waals surface area (Å²) >= 11 is 0. The summed E-state index contributed by atoms with van der Waals surface area (Å²) in [4.78, 5) is 12.4. The predicted octanol–water partition coefficient (Wildman–Crippen LogP) is 3.30. The van der Waals surface area contributed by atoms with E-state index >= 15 is 0 Å². The summed E-state index contributed by atoms with van der Waals surface area (Å²) in [6.45, 7) is 2.32. The molecule has 26 heavy (non-hydrogen) atoms. The minimum atomic E-state index is -0.312. The second kappa shape index (κ2) is 7.82. The number of hydrogen-bond donors (Lipinski definition) is 1. The number of carbonyl (C=O) groups excluding carboxylic acids is 1. The lowest BCUT2D eigenvalue weighted by molar-refractivity contribution is 0.0948. The molecule has 1 heterocycles. The number of nitrogens with one attached hydrogen (secondary N) is 1. The molecule has 0 saturated heterocycles. The number of ether oxygens (including phenoxy) is 1. The molecule has 0 fully saturated rings. The molecule has 134 valence electrons. The summed E-state index contributed by atoms with van der Waals surface area (Å²) < 4.78 is 20.0. The average Bonchev–Trinajstić information content (AvgIpc) is 3.04. The van der Waals surface area contributed by atoms with Gasteiger partial charge in [-0.05, 0) is 55.3 Å². The molecule has 6 heteroatoms. The second-order valence-corrected chi connectivity index (χ2v) is 5.88. The number of nitrogens with zero attached hydrogens (tertiary/aromatic N) is 2. The number of halogens is 1. The van der Waals surface area contributed by atoms with E-state index in [1.165, 1.54) is 12.1 Å². The van der Waals surface area contributed by atoms with Crippen LogP contribution < -0.4 is 10.1 Å². The highest BCUT2D eigenvalue weighted by Crippen LogP contribution is 2.17. The van der Waals surface area contributed by atoms with Crippen LogP contribution in [0.15, 0.2) is 54.6 Å². The van der Waals surface area contributed by atoms with Crippen molar-refractivity contribution in [2.45, 2.75) is 13.3 Å². The standard InChI is InChI=1S/C20H20FN3O2/c1-14-13-18(23-24(14)17-9-7-16(21)8-10-17)20(25)22-12-11-15-5-3-4-6-19(15)26-2/h3-10,13H,11-12H2,1-2H3,(H,22,25). The van der Waals surface area contributed by atoms with Crippen LogP contribution in [0.25, 0.3) is 5.69 Å². The van der Waals surface area contributed by atoms with Crippen LogP contribution in [0.5, 0.6) is 5.75 Å². The van der Waals surface area contributed by atoms with Gasteiger partial charge in [-0.2, -0.15) is 5.10 Å². The third-order valence-electron chi connectivity index (χ3n) is 4.06. The van der Waals surface area contributed by atoms with Gasteiger partial charge in [-0.15, -0.1) is 0 Å². The molecule has 0 spiro atoms. The van der Waals surface area contributed by atoms with Gasteiger partial charge in [0.15, 0.2) is 5.69 Å². The van der Waals surface area contributed by atoms with Crippen LogP contribution in [0.2, 0.25) is 0 Å². The van der Waals surface area contributed by atoms with Gasteiger partial charge in [0.2, 0.25) is 0 Å². The molecule has 3 aromatic rings. The number of aryl methyl sites for hydroxylation is 1. The highest BCUT2D eigenvalue weighted by atomic mass is 19.1.